The summed E-state index contributed by atoms with van der Waals surface area (Å²) in [6.07, 6.45) is 7.95. The van der Waals surface area contributed by atoms with Gasteiger partial charge in [-0.25, -0.2) is 4.98 Å². The summed E-state index contributed by atoms with van der Waals surface area (Å²) in [5.74, 6) is 1.80. The van der Waals surface area contributed by atoms with Gasteiger partial charge in [0.05, 0.1) is 23.7 Å². The molecule has 0 atom stereocenters. The molecule has 6 nitrogen and oxygen atoms in total. The number of guanidine groups is 1. The zero-order chi connectivity index (χ0) is 18.2. The number of imidazole rings is 1. The fraction of sp³-hybridized carbons (Fsp3) is 0.600. The van der Waals surface area contributed by atoms with Crippen LogP contribution in [0.3, 0.4) is 0 Å². The van der Waals surface area contributed by atoms with Crippen molar-refractivity contribution in [2.24, 2.45) is 12.0 Å². The lowest BCUT2D eigenvalue weighted by molar-refractivity contribution is 0.0277. The average Bonchev–Trinajstić information content (AvgIpc) is 3.01. The van der Waals surface area contributed by atoms with Crippen molar-refractivity contribution in [1.82, 2.24) is 20.2 Å². The number of nitrogens with zero attached hydrogens (tertiary/aromatic N) is 3. The van der Waals surface area contributed by atoms with Gasteiger partial charge in [0, 0.05) is 27.2 Å². The van der Waals surface area contributed by atoms with Gasteiger partial charge in [0.15, 0.2) is 5.96 Å². The molecule has 1 aliphatic rings. The van der Waals surface area contributed by atoms with Crippen molar-refractivity contribution < 1.29 is 4.74 Å². The second-order valence-electron chi connectivity index (χ2n) is 6.91. The summed E-state index contributed by atoms with van der Waals surface area (Å²) in [5.41, 5.74) is 2.17. The van der Waals surface area contributed by atoms with E-state index in [0.717, 1.165) is 42.4 Å². The van der Waals surface area contributed by atoms with Gasteiger partial charge >= 0.3 is 0 Å². The number of aliphatic imine (C=N–C) groups is 1. The molecule has 0 bridgehead atoms. The molecule has 0 unspecified atom stereocenters. The van der Waals surface area contributed by atoms with Crippen molar-refractivity contribution >= 4 is 41.0 Å². The van der Waals surface area contributed by atoms with Crippen molar-refractivity contribution in [3.8, 4) is 0 Å². The summed E-state index contributed by atoms with van der Waals surface area (Å²) in [6, 6.07) is 8.18. The number of hydrogen-bond donors (Lipinski definition) is 2. The van der Waals surface area contributed by atoms with E-state index in [9.17, 15) is 0 Å². The highest BCUT2D eigenvalue weighted by molar-refractivity contribution is 14.0. The molecule has 7 heteroatoms. The lowest BCUT2D eigenvalue weighted by Crippen LogP contribution is -2.38. The Bertz CT molecular complexity index is 724. The summed E-state index contributed by atoms with van der Waals surface area (Å²) >= 11 is 0. The Labute approximate surface area is 179 Å². The topological polar surface area (TPSA) is 63.5 Å². The Hall–Kier alpha value is -1.35. The van der Waals surface area contributed by atoms with Crippen LogP contribution in [0.25, 0.3) is 11.0 Å². The number of para-hydroxylation sites is 2. The summed E-state index contributed by atoms with van der Waals surface area (Å²) in [6.45, 7) is 2.32. The van der Waals surface area contributed by atoms with Crippen LogP contribution in [-0.4, -0.2) is 41.8 Å². The molecule has 0 radical (unpaired) electrons. The maximum absolute atomic E-state index is 5.96. The first-order valence-corrected chi connectivity index (χ1v) is 9.74. The van der Waals surface area contributed by atoms with E-state index in [1.807, 2.05) is 25.2 Å². The Morgan fingerprint density at radius 3 is 2.74 bits per heavy atom. The van der Waals surface area contributed by atoms with Gasteiger partial charge in [-0.15, -0.1) is 24.0 Å². The molecule has 1 saturated carbocycles. The number of rotatable bonds is 7. The monoisotopic (exact) mass is 485 g/mol. The maximum Gasteiger partial charge on any atom is 0.191 e. The SMILES string of the molecule is CN=C(NCCCOC1CCCCC1)NCc1nc2ccccc2n1C.I. The minimum atomic E-state index is 0. The molecule has 2 aromatic rings. The number of aromatic nitrogens is 2. The zero-order valence-electron chi connectivity index (χ0n) is 16.4. The lowest BCUT2D eigenvalue weighted by Gasteiger charge is -2.22. The lowest BCUT2D eigenvalue weighted by atomic mass is 9.98. The van der Waals surface area contributed by atoms with Gasteiger partial charge in [-0.1, -0.05) is 31.4 Å². The molecule has 27 heavy (non-hydrogen) atoms. The zero-order valence-corrected chi connectivity index (χ0v) is 18.7. The van der Waals surface area contributed by atoms with Gasteiger partial charge < -0.3 is 19.9 Å². The number of aryl methyl sites for hydroxylation is 1. The van der Waals surface area contributed by atoms with Crippen LogP contribution in [0.1, 0.15) is 44.3 Å². The molecule has 1 aromatic heterocycles. The largest absolute Gasteiger partial charge is 0.378 e. The van der Waals surface area contributed by atoms with Crippen molar-refractivity contribution in [2.45, 2.75) is 51.2 Å². The number of halogens is 1. The van der Waals surface area contributed by atoms with Crippen molar-refractivity contribution in [2.75, 3.05) is 20.2 Å². The molecule has 1 aliphatic carbocycles. The molecule has 3 rings (SSSR count). The molecular weight excluding hydrogens is 453 g/mol. The second-order valence-corrected chi connectivity index (χ2v) is 6.91. The molecule has 2 N–H and O–H groups in total. The highest BCUT2D eigenvalue weighted by atomic mass is 127. The number of ether oxygens (including phenoxy) is 1. The van der Waals surface area contributed by atoms with Gasteiger partial charge in [-0.2, -0.15) is 0 Å². The third-order valence-electron chi connectivity index (χ3n) is 5.04. The van der Waals surface area contributed by atoms with E-state index in [1.165, 1.54) is 32.1 Å². The smallest absolute Gasteiger partial charge is 0.191 e. The molecule has 1 fully saturated rings. The Morgan fingerprint density at radius 1 is 1.22 bits per heavy atom. The van der Waals surface area contributed by atoms with Crippen LogP contribution in [0.2, 0.25) is 0 Å². The van der Waals surface area contributed by atoms with Crippen LogP contribution in [0, 0.1) is 0 Å². The average molecular weight is 485 g/mol. The predicted octanol–water partition coefficient (Wildman–Crippen LogP) is 3.60. The third kappa shape index (κ3) is 6.34. The second kappa shape index (κ2) is 11.5. The van der Waals surface area contributed by atoms with Crippen molar-refractivity contribution in [3.63, 3.8) is 0 Å². The first-order valence-electron chi connectivity index (χ1n) is 9.74. The minimum absolute atomic E-state index is 0. The summed E-state index contributed by atoms with van der Waals surface area (Å²) in [4.78, 5) is 8.97. The quantitative estimate of drug-likeness (QED) is 0.272. The van der Waals surface area contributed by atoms with E-state index in [1.54, 1.807) is 7.05 Å². The molecule has 1 heterocycles. The van der Waals surface area contributed by atoms with Crippen molar-refractivity contribution in [3.05, 3.63) is 30.1 Å². The number of fused-ring (bicyclic) bond motifs is 1. The van der Waals surface area contributed by atoms with E-state index < -0.39 is 0 Å². The van der Waals surface area contributed by atoms with Gasteiger partial charge in [-0.3, -0.25) is 4.99 Å². The Balaban J connectivity index is 0.00000261. The standard InChI is InChI=1S/C20H31N5O.HI/c1-21-20(22-13-8-14-26-16-9-4-3-5-10-16)23-15-19-24-17-11-6-7-12-18(17)25(19)2;/h6-7,11-12,16H,3-5,8-10,13-15H2,1-2H3,(H2,21,22,23);1H. The number of benzene rings is 1. The summed E-state index contributed by atoms with van der Waals surface area (Å²) in [5, 5.41) is 6.70. The van der Waals surface area contributed by atoms with E-state index >= 15 is 0 Å². The highest BCUT2D eigenvalue weighted by Crippen LogP contribution is 2.20. The minimum Gasteiger partial charge on any atom is -0.378 e. The fourth-order valence-electron chi connectivity index (χ4n) is 3.50. The van der Waals surface area contributed by atoms with E-state index in [2.05, 4.69) is 31.2 Å². The molecular formula is C20H32IN5O. The molecule has 0 saturated heterocycles. The molecule has 0 aliphatic heterocycles. The highest BCUT2D eigenvalue weighted by Gasteiger charge is 2.13. The normalized spacial score (nSPS) is 15.6. The number of hydrogen-bond acceptors (Lipinski definition) is 3. The Kier molecular flexibility index (Phi) is 9.33. The van der Waals surface area contributed by atoms with Crippen LogP contribution >= 0.6 is 24.0 Å². The Morgan fingerprint density at radius 2 is 2.00 bits per heavy atom. The molecule has 150 valence electrons. The van der Waals surface area contributed by atoms with Gasteiger partial charge in [0.1, 0.15) is 5.82 Å². The third-order valence-corrected chi connectivity index (χ3v) is 5.04. The van der Waals surface area contributed by atoms with Crippen LogP contribution < -0.4 is 10.6 Å². The van der Waals surface area contributed by atoms with E-state index in [0.29, 0.717) is 12.6 Å². The van der Waals surface area contributed by atoms with Gasteiger partial charge in [0.2, 0.25) is 0 Å². The van der Waals surface area contributed by atoms with Gasteiger partial charge in [-0.05, 0) is 31.4 Å². The first-order chi connectivity index (χ1) is 12.8. The molecule has 1 aromatic carbocycles. The first kappa shape index (κ1) is 21.9. The molecule has 0 spiro atoms. The predicted molar refractivity (Wildman–Crippen MR) is 122 cm³/mol. The van der Waals surface area contributed by atoms with E-state index in [4.69, 9.17) is 4.74 Å². The van der Waals surface area contributed by atoms with Crippen LogP contribution in [0.15, 0.2) is 29.3 Å². The van der Waals surface area contributed by atoms with Crippen LogP contribution in [-0.2, 0) is 18.3 Å². The maximum atomic E-state index is 5.96. The fourth-order valence-corrected chi connectivity index (χ4v) is 3.50. The molecule has 0 amide bonds. The van der Waals surface area contributed by atoms with Crippen LogP contribution in [0.4, 0.5) is 0 Å². The van der Waals surface area contributed by atoms with Crippen molar-refractivity contribution in [1.29, 1.82) is 0 Å². The summed E-state index contributed by atoms with van der Waals surface area (Å²) < 4.78 is 8.08. The van der Waals surface area contributed by atoms with E-state index in [-0.39, 0.29) is 24.0 Å². The number of nitrogens with one attached hydrogen (secondary N) is 2. The summed E-state index contributed by atoms with van der Waals surface area (Å²) in [7, 11) is 3.84. The van der Waals surface area contributed by atoms with Crippen LogP contribution in [0.5, 0.6) is 0 Å². The van der Waals surface area contributed by atoms with Gasteiger partial charge in [0.25, 0.3) is 0 Å².